The predicted molar refractivity (Wildman–Crippen MR) is 113 cm³/mol. The van der Waals surface area contributed by atoms with Crippen LogP contribution in [0.25, 0.3) is 10.9 Å². The number of alkyl halides is 2. The van der Waals surface area contributed by atoms with Crippen LogP contribution in [0.1, 0.15) is 31.2 Å². The predicted octanol–water partition coefficient (Wildman–Crippen LogP) is 4.98. The van der Waals surface area contributed by atoms with E-state index < -0.39 is 6.61 Å². The molecular weight excluding hydrogens is 388 g/mol. The van der Waals surface area contributed by atoms with Crippen molar-refractivity contribution in [2.75, 3.05) is 18.4 Å². The molecule has 0 unspecified atom stereocenters. The zero-order valence-corrected chi connectivity index (χ0v) is 16.8. The number of likely N-dealkylation sites (tertiary alicyclic amines) is 1. The standard InChI is InChI=1S/C23H25F2N3O2/c1-15(22(29)27-17-6-8-18(9-7-17)30-23(24)25)28-12-10-16(11-13-28)20-14-26-21-5-3-2-4-19(20)21/h2-9,14-16,23,26H,10-13H2,1H3,(H,27,29)/t15-/m0/s1. The largest absolute Gasteiger partial charge is 0.435 e. The lowest BCUT2D eigenvalue weighted by molar-refractivity contribution is -0.121. The van der Waals surface area contributed by atoms with Crippen molar-refractivity contribution in [2.24, 2.45) is 0 Å². The molecule has 1 aliphatic rings. The van der Waals surface area contributed by atoms with E-state index in [2.05, 4.69) is 44.3 Å². The molecule has 3 aromatic rings. The summed E-state index contributed by atoms with van der Waals surface area (Å²) in [5.74, 6) is 0.438. The number of nitrogens with one attached hydrogen (secondary N) is 2. The summed E-state index contributed by atoms with van der Waals surface area (Å²) in [5, 5.41) is 4.13. The molecule has 2 aromatic carbocycles. The highest BCUT2D eigenvalue weighted by atomic mass is 19.3. The lowest BCUT2D eigenvalue weighted by atomic mass is 9.88. The van der Waals surface area contributed by atoms with Gasteiger partial charge in [-0.1, -0.05) is 18.2 Å². The van der Waals surface area contributed by atoms with Gasteiger partial charge in [-0.15, -0.1) is 0 Å². The van der Waals surface area contributed by atoms with Crippen molar-refractivity contribution in [1.82, 2.24) is 9.88 Å². The number of fused-ring (bicyclic) bond motifs is 1. The Hall–Kier alpha value is -2.93. The summed E-state index contributed by atoms with van der Waals surface area (Å²) < 4.78 is 28.8. The normalized spacial score (nSPS) is 16.7. The molecule has 7 heteroatoms. The first kappa shape index (κ1) is 20.3. The minimum atomic E-state index is -2.86. The molecule has 1 fully saturated rings. The molecule has 4 rings (SSSR count). The number of piperidine rings is 1. The molecule has 1 aromatic heterocycles. The Morgan fingerprint density at radius 1 is 1.13 bits per heavy atom. The fraction of sp³-hybridized carbons (Fsp3) is 0.348. The van der Waals surface area contributed by atoms with Crippen LogP contribution in [-0.4, -0.2) is 41.5 Å². The number of aromatic nitrogens is 1. The number of hydrogen-bond donors (Lipinski definition) is 2. The van der Waals surface area contributed by atoms with Crippen molar-refractivity contribution in [3.63, 3.8) is 0 Å². The lowest BCUT2D eigenvalue weighted by Gasteiger charge is -2.35. The van der Waals surface area contributed by atoms with Gasteiger partial charge in [0.1, 0.15) is 5.75 Å². The molecular formula is C23H25F2N3O2. The van der Waals surface area contributed by atoms with Crippen LogP contribution in [0, 0.1) is 0 Å². The summed E-state index contributed by atoms with van der Waals surface area (Å²) in [6.45, 7) is 0.729. The van der Waals surface area contributed by atoms with E-state index in [1.165, 1.54) is 23.1 Å². The van der Waals surface area contributed by atoms with E-state index in [0.717, 1.165) is 31.4 Å². The van der Waals surface area contributed by atoms with Crippen molar-refractivity contribution in [3.8, 4) is 5.75 Å². The summed E-state index contributed by atoms with van der Waals surface area (Å²) in [4.78, 5) is 18.2. The summed E-state index contributed by atoms with van der Waals surface area (Å²) >= 11 is 0. The number of hydrogen-bond acceptors (Lipinski definition) is 3. The minimum Gasteiger partial charge on any atom is -0.435 e. The van der Waals surface area contributed by atoms with Gasteiger partial charge < -0.3 is 15.0 Å². The number of anilines is 1. The zero-order valence-electron chi connectivity index (χ0n) is 16.8. The molecule has 2 N–H and O–H groups in total. The number of nitrogens with zero attached hydrogens (tertiary/aromatic N) is 1. The number of para-hydroxylation sites is 1. The summed E-state index contributed by atoms with van der Waals surface area (Å²) in [6.07, 6.45) is 4.11. The second-order valence-electron chi connectivity index (χ2n) is 7.67. The Bertz CT molecular complexity index is 995. The van der Waals surface area contributed by atoms with Crippen LogP contribution in [0.15, 0.2) is 54.7 Å². The fourth-order valence-corrected chi connectivity index (χ4v) is 4.16. The molecule has 158 valence electrons. The highest BCUT2D eigenvalue weighted by Gasteiger charge is 2.28. The smallest absolute Gasteiger partial charge is 0.387 e. The Morgan fingerprint density at radius 3 is 2.53 bits per heavy atom. The van der Waals surface area contributed by atoms with Crippen LogP contribution in [0.3, 0.4) is 0 Å². The van der Waals surface area contributed by atoms with E-state index in [4.69, 9.17) is 0 Å². The van der Waals surface area contributed by atoms with Crippen molar-refractivity contribution in [2.45, 2.75) is 38.3 Å². The molecule has 0 aliphatic carbocycles. The average molecular weight is 413 g/mol. The second-order valence-corrected chi connectivity index (χ2v) is 7.67. The Labute approximate surface area is 174 Å². The monoisotopic (exact) mass is 413 g/mol. The topological polar surface area (TPSA) is 57.4 Å². The van der Waals surface area contributed by atoms with Gasteiger partial charge in [0.25, 0.3) is 0 Å². The van der Waals surface area contributed by atoms with Gasteiger partial charge in [0.2, 0.25) is 5.91 Å². The van der Waals surface area contributed by atoms with Gasteiger partial charge in [0, 0.05) is 22.8 Å². The first-order valence-electron chi connectivity index (χ1n) is 10.2. The number of halogens is 2. The third kappa shape index (κ3) is 4.46. The number of aromatic amines is 1. The number of rotatable bonds is 6. The van der Waals surface area contributed by atoms with Gasteiger partial charge >= 0.3 is 6.61 Å². The molecule has 1 saturated heterocycles. The number of H-pyrrole nitrogens is 1. The lowest BCUT2D eigenvalue weighted by Crippen LogP contribution is -2.45. The molecule has 1 amide bonds. The van der Waals surface area contributed by atoms with Crippen LogP contribution >= 0.6 is 0 Å². The zero-order chi connectivity index (χ0) is 21.1. The van der Waals surface area contributed by atoms with Crippen LogP contribution in [0.2, 0.25) is 0 Å². The summed E-state index contributed by atoms with van der Waals surface area (Å²) in [5.41, 5.74) is 3.07. The van der Waals surface area contributed by atoms with Crippen LogP contribution < -0.4 is 10.1 Å². The Morgan fingerprint density at radius 2 is 1.83 bits per heavy atom. The van der Waals surface area contributed by atoms with Gasteiger partial charge in [-0.2, -0.15) is 8.78 Å². The molecule has 1 aliphatic heterocycles. The average Bonchev–Trinajstić information content (AvgIpc) is 3.18. The molecule has 30 heavy (non-hydrogen) atoms. The molecule has 0 saturated carbocycles. The van der Waals surface area contributed by atoms with Gasteiger partial charge in [-0.05, 0) is 74.7 Å². The molecule has 0 bridgehead atoms. The van der Waals surface area contributed by atoms with E-state index in [0.29, 0.717) is 11.6 Å². The van der Waals surface area contributed by atoms with Crippen LogP contribution in [0.4, 0.5) is 14.5 Å². The summed E-state index contributed by atoms with van der Waals surface area (Å²) in [7, 11) is 0. The van der Waals surface area contributed by atoms with E-state index >= 15 is 0 Å². The Kier molecular flexibility index (Phi) is 5.99. The van der Waals surface area contributed by atoms with Crippen molar-refractivity contribution >= 4 is 22.5 Å². The Balaban J connectivity index is 1.32. The van der Waals surface area contributed by atoms with Gasteiger partial charge in [-0.25, -0.2) is 0 Å². The highest BCUT2D eigenvalue weighted by molar-refractivity contribution is 5.94. The van der Waals surface area contributed by atoms with Gasteiger partial charge in [-0.3, -0.25) is 9.69 Å². The van der Waals surface area contributed by atoms with E-state index in [-0.39, 0.29) is 17.7 Å². The van der Waals surface area contributed by atoms with Gasteiger partial charge in [0.05, 0.1) is 6.04 Å². The number of amides is 1. The molecule has 0 spiro atoms. The molecule has 5 nitrogen and oxygen atoms in total. The molecule has 0 radical (unpaired) electrons. The van der Waals surface area contributed by atoms with Crippen LogP contribution in [-0.2, 0) is 4.79 Å². The number of carbonyl (C=O) groups is 1. The SMILES string of the molecule is C[C@@H](C(=O)Nc1ccc(OC(F)F)cc1)N1CCC(c2c[nH]c3ccccc23)CC1. The third-order valence-corrected chi connectivity index (χ3v) is 5.86. The molecule has 2 heterocycles. The van der Waals surface area contributed by atoms with Crippen LogP contribution in [0.5, 0.6) is 5.75 Å². The number of ether oxygens (including phenoxy) is 1. The maximum absolute atomic E-state index is 12.7. The highest BCUT2D eigenvalue weighted by Crippen LogP contribution is 2.33. The second kappa shape index (κ2) is 8.83. The minimum absolute atomic E-state index is 0.0652. The maximum Gasteiger partial charge on any atom is 0.387 e. The first-order chi connectivity index (χ1) is 14.5. The summed E-state index contributed by atoms with van der Waals surface area (Å²) in [6, 6.07) is 14.0. The van der Waals surface area contributed by atoms with Crippen molar-refractivity contribution < 1.29 is 18.3 Å². The number of benzene rings is 2. The van der Waals surface area contributed by atoms with Crippen molar-refractivity contribution in [1.29, 1.82) is 0 Å². The van der Waals surface area contributed by atoms with E-state index in [9.17, 15) is 13.6 Å². The third-order valence-electron chi connectivity index (χ3n) is 5.86. The molecule has 1 atom stereocenters. The quantitative estimate of drug-likeness (QED) is 0.600. The fourth-order valence-electron chi connectivity index (χ4n) is 4.16. The first-order valence-corrected chi connectivity index (χ1v) is 10.2. The van der Waals surface area contributed by atoms with E-state index in [1.54, 1.807) is 12.1 Å². The maximum atomic E-state index is 12.7. The number of carbonyl (C=O) groups excluding carboxylic acids is 1. The van der Waals surface area contributed by atoms with Gasteiger partial charge in [0.15, 0.2) is 0 Å². The van der Waals surface area contributed by atoms with E-state index in [1.807, 2.05) is 13.0 Å². The van der Waals surface area contributed by atoms with Crippen molar-refractivity contribution in [3.05, 3.63) is 60.3 Å².